The van der Waals surface area contributed by atoms with Crippen molar-refractivity contribution >= 4 is 5.84 Å². The molecule has 17 heavy (non-hydrogen) atoms. The zero-order valence-corrected chi connectivity index (χ0v) is 11.4. The third-order valence-electron chi connectivity index (χ3n) is 4.30. The first-order valence-corrected chi connectivity index (χ1v) is 6.83. The highest BCUT2D eigenvalue weighted by Gasteiger charge is 2.28. The molecule has 0 heterocycles. The molecule has 4 nitrogen and oxygen atoms in total. The van der Waals surface area contributed by atoms with Gasteiger partial charge in [-0.15, -0.1) is 0 Å². The lowest BCUT2D eigenvalue weighted by Gasteiger charge is -2.38. The summed E-state index contributed by atoms with van der Waals surface area (Å²) >= 11 is 0. The average molecular weight is 241 g/mol. The summed E-state index contributed by atoms with van der Waals surface area (Å²) < 4.78 is 0. The predicted octanol–water partition coefficient (Wildman–Crippen LogP) is 2.41. The van der Waals surface area contributed by atoms with Gasteiger partial charge in [-0.2, -0.15) is 0 Å². The van der Waals surface area contributed by atoms with Gasteiger partial charge in [-0.05, 0) is 45.1 Å². The molecule has 4 heteroatoms. The van der Waals surface area contributed by atoms with Crippen LogP contribution in [0.1, 0.15) is 52.4 Å². The van der Waals surface area contributed by atoms with Gasteiger partial charge < -0.3 is 10.9 Å². The van der Waals surface area contributed by atoms with E-state index in [9.17, 15) is 0 Å². The van der Waals surface area contributed by atoms with Crippen molar-refractivity contribution in [3.63, 3.8) is 0 Å². The summed E-state index contributed by atoms with van der Waals surface area (Å²) in [6.07, 6.45) is 7.30. The van der Waals surface area contributed by atoms with Gasteiger partial charge in [-0.3, -0.25) is 4.90 Å². The SMILES string of the molecule is CCC1CCC(N(C)C(CC)C(N)=NO)CC1. The fourth-order valence-electron chi connectivity index (χ4n) is 2.99. The largest absolute Gasteiger partial charge is 0.409 e. The number of hydrogen-bond donors (Lipinski definition) is 2. The van der Waals surface area contributed by atoms with Crippen molar-refractivity contribution in [2.45, 2.75) is 64.5 Å². The van der Waals surface area contributed by atoms with Gasteiger partial charge in [0.2, 0.25) is 0 Å². The van der Waals surface area contributed by atoms with E-state index in [-0.39, 0.29) is 6.04 Å². The summed E-state index contributed by atoms with van der Waals surface area (Å²) in [5.41, 5.74) is 5.75. The van der Waals surface area contributed by atoms with E-state index in [1.165, 1.54) is 32.1 Å². The Bertz CT molecular complexity index is 247. The minimum Gasteiger partial charge on any atom is -0.409 e. The van der Waals surface area contributed by atoms with Crippen molar-refractivity contribution in [3.8, 4) is 0 Å². The molecule has 1 saturated carbocycles. The number of likely N-dealkylation sites (N-methyl/N-ethyl adjacent to an activating group) is 1. The van der Waals surface area contributed by atoms with E-state index in [1.807, 2.05) is 0 Å². The molecule has 1 atom stereocenters. The Kier molecular flexibility index (Phi) is 5.75. The summed E-state index contributed by atoms with van der Waals surface area (Å²) in [5, 5.41) is 12.0. The first-order chi connectivity index (χ1) is 8.13. The Morgan fingerprint density at radius 2 is 1.94 bits per heavy atom. The highest BCUT2D eigenvalue weighted by atomic mass is 16.4. The van der Waals surface area contributed by atoms with E-state index < -0.39 is 0 Å². The average Bonchev–Trinajstić information content (AvgIpc) is 2.39. The quantitative estimate of drug-likeness (QED) is 0.336. The van der Waals surface area contributed by atoms with E-state index in [2.05, 4.69) is 31.0 Å². The van der Waals surface area contributed by atoms with Crippen molar-refractivity contribution in [2.75, 3.05) is 7.05 Å². The zero-order chi connectivity index (χ0) is 12.8. The van der Waals surface area contributed by atoms with E-state index in [1.54, 1.807) is 0 Å². The molecule has 1 unspecified atom stereocenters. The zero-order valence-electron chi connectivity index (χ0n) is 11.4. The molecular weight excluding hydrogens is 214 g/mol. The Morgan fingerprint density at radius 1 is 1.35 bits per heavy atom. The molecule has 0 aliphatic heterocycles. The van der Waals surface area contributed by atoms with Gasteiger partial charge in [0, 0.05) is 6.04 Å². The monoisotopic (exact) mass is 241 g/mol. The van der Waals surface area contributed by atoms with Crippen LogP contribution in [0.25, 0.3) is 0 Å². The molecule has 0 aromatic heterocycles. The number of hydrogen-bond acceptors (Lipinski definition) is 3. The van der Waals surface area contributed by atoms with E-state index >= 15 is 0 Å². The van der Waals surface area contributed by atoms with Gasteiger partial charge in [0.25, 0.3) is 0 Å². The van der Waals surface area contributed by atoms with Crippen LogP contribution in [0.15, 0.2) is 5.16 Å². The second-order valence-corrected chi connectivity index (χ2v) is 5.20. The third kappa shape index (κ3) is 3.60. The molecule has 1 rings (SSSR count). The molecule has 0 amide bonds. The van der Waals surface area contributed by atoms with E-state index in [4.69, 9.17) is 10.9 Å². The molecule has 1 fully saturated rings. The van der Waals surface area contributed by atoms with Crippen LogP contribution >= 0.6 is 0 Å². The van der Waals surface area contributed by atoms with Gasteiger partial charge in [0.05, 0.1) is 6.04 Å². The van der Waals surface area contributed by atoms with Crippen molar-refractivity contribution in [3.05, 3.63) is 0 Å². The summed E-state index contributed by atoms with van der Waals surface area (Å²) in [5.74, 6) is 1.25. The fraction of sp³-hybridized carbons (Fsp3) is 0.923. The topological polar surface area (TPSA) is 61.8 Å². The Balaban J connectivity index is 2.54. The molecule has 1 aliphatic carbocycles. The van der Waals surface area contributed by atoms with Crippen molar-refractivity contribution in [1.82, 2.24) is 4.90 Å². The molecular formula is C13H27N3O. The van der Waals surface area contributed by atoms with Crippen molar-refractivity contribution in [1.29, 1.82) is 0 Å². The maximum atomic E-state index is 8.80. The highest BCUT2D eigenvalue weighted by molar-refractivity contribution is 5.85. The normalized spacial score (nSPS) is 28.4. The van der Waals surface area contributed by atoms with Crippen LogP contribution in [0.2, 0.25) is 0 Å². The molecule has 1 aliphatic rings. The lowest BCUT2D eigenvalue weighted by atomic mass is 9.83. The molecule has 3 N–H and O–H groups in total. The number of oxime groups is 1. The lowest BCUT2D eigenvalue weighted by Crippen LogP contribution is -2.48. The van der Waals surface area contributed by atoms with E-state index in [0.717, 1.165) is 12.3 Å². The molecule has 0 spiro atoms. The molecule has 0 bridgehead atoms. The molecule has 0 saturated heterocycles. The molecule has 0 aromatic rings. The van der Waals surface area contributed by atoms with Gasteiger partial charge in [-0.25, -0.2) is 0 Å². The van der Waals surface area contributed by atoms with Crippen molar-refractivity contribution < 1.29 is 5.21 Å². The standard InChI is InChI=1S/C13H27N3O/c1-4-10-6-8-11(9-7-10)16(3)12(5-2)13(14)15-17/h10-12,17H,4-9H2,1-3H3,(H2,14,15). The van der Waals surface area contributed by atoms with Crippen LogP contribution < -0.4 is 5.73 Å². The smallest absolute Gasteiger partial charge is 0.156 e. The Morgan fingerprint density at radius 3 is 2.35 bits per heavy atom. The number of nitrogens with zero attached hydrogens (tertiary/aromatic N) is 2. The minimum absolute atomic E-state index is 0.0724. The van der Waals surface area contributed by atoms with Crippen molar-refractivity contribution in [2.24, 2.45) is 16.8 Å². The Labute approximate surface area is 105 Å². The van der Waals surface area contributed by atoms with Gasteiger partial charge in [0.1, 0.15) is 0 Å². The third-order valence-corrected chi connectivity index (χ3v) is 4.30. The van der Waals surface area contributed by atoms with Gasteiger partial charge >= 0.3 is 0 Å². The van der Waals surface area contributed by atoms with Crippen LogP contribution in [0.3, 0.4) is 0 Å². The number of amidine groups is 1. The van der Waals surface area contributed by atoms with Crippen LogP contribution in [0.4, 0.5) is 0 Å². The lowest BCUT2D eigenvalue weighted by molar-refractivity contribution is 0.141. The highest BCUT2D eigenvalue weighted by Crippen LogP contribution is 2.30. The second kappa shape index (κ2) is 6.84. The second-order valence-electron chi connectivity index (χ2n) is 5.20. The van der Waals surface area contributed by atoms with E-state index in [0.29, 0.717) is 11.9 Å². The van der Waals surface area contributed by atoms with Crippen LogP contribution in [0.5, 0.6) is 0 Å². The van der Waals surface area contributed by atoms with Crippen LogP contribution in [0, 0.1) is 5.92 Å². The summed E-state index contributed by atoms with van der Waals surface area (Å²) in [4.78, 5) is 2.29. The van der Waals surface area contributed by atoms with Crippen LogP contribution in [-0.4, -0.2) is 35.1 Å². The molecule has 100 valence electrons. The van der Waals surface area contributed by atoms with Gasteiger partial charge in [0.15, 0.2) is 5.84 Å². The maximum Gasteiger partial charge on any atom is 0.156 e. The minimum atomic E-state index is 0.0724. The van der Waals surface area contributed by atoms with Crippen LogP contribution in [-0.2, 0) is 0 Å². The maximum absolute atomic E-state index is 8.80. The number of rotatable bonds is 5. The number of nitrogens with two attached hydrogens (primary N) is 1. The summed E-state index contributed by atoms with van der Waals surface area (Å²) in [6, 6.07) is 0.659. The molecule has 0 radical (unpaired) electrons. The predicted molar refractivity (Wildman–Crippen MR) is 71.3 cm³/mol. The van der Waals surface area contributed by atoms with Gasteiger partial charge in [-0.1, -0.05) is 25.4 Å². The first kappa shape index (κ1) is 14.3. The molecule has 0 aromatic carbocycles. The fourth-order valence-corrected chi connectivity index (χ4v) is 2.99. The Hall–Kier alpha value is -0.770. The summed E-state index contributed by atoms with van der Waals surface area (Å²) in [7, 11) is 2.10. The first-order valence-electron chi connectivity index (χ1n) is 6.83. The summed E-state index contributed by atoms with van der Waals surface area (Å²) in [6.45, 7) is 4.36.